The summed E-state index contributed by atoms with van der Waals surface area (Å²) in [6.45, 7) is 0. The summed E-state index contributed by atoms with van der Waals surface area (Å²) < 4.78 is 0. The fraction of sp³-hybridized carbons (Fsp3) is 0.0833. The van der Waals surface area contributed by atoms with Crippen LogP contribution in [0, 0.1) is 11.3 Å². The molecule has 3 heteroatoms. The molecule has 0 N–H and O–H groups in total. The first-order valence-corrected chi connectivity index (χ1v) is 4.62. The zero-order valence-electron chi connectivity index (χ0n) is 8.09. The predicted molar refractivity (Wildman–Crippen MR) is 56.8 cm³/mol. The molecule has 0 atom stereocenters. The third-order valence-corrected chi connectivity index (χ3v) is 2.10. The molecule has 2 heterocycles. The molecule has 2 aromatic heterocycles. The van der Waals surface area contributed by atoms with Crippen LogP contribution in [-0.2, 0) is 6.42 Å². The maximum Gasteiger partial charge on any atom is 0.0774 e. The minimum atomic E-state index is 0.358. The molecule has 0 amide bonds. The van der Waals surface area contributed by atoms with Gasteiger partial charge in [0.25, 0.3) is 0 Å². The lowest BCUT2D eigenvalue weighted by Gasteiger charge is -2.00. The molecule has 0 bridgehead atoms. The molecule has 0 fully saturated rings. The highest BCUT2D eigenvalue weighted by Crippen LogP contribution is 2.16. The predicted octanol–water partition coefficient (Wildman–Crippen LogP) is 2.21. The number of aromatic nitrogens is 2. The van der Waals surface area contributed by atoms with E-state index in [-0.39, 0.29) is 0 Å². The molecule has 2 aromatic rings. The molecule has 2 rings (SSSR count). The number of rotatable bonds is 2. The molecule has 0 aliphatic carbocycles. The van der Waals surface area contributed by atoms with Crippen molar-refractivity contribution in [1.29, 1.82) is 5.26 Å². The van der Waals surface area contributed by atoms with Gasteiger partial charge in [0.1, 0.15) is 0 Å². The van der Waals surface area contributed by atoms with Crippen LogP contribution in [0.1, 0.15) is 5.69 Å². The van der Waals surface area contributed by atoms with E-state index < -0.39 is 0 Å². The van der Waals surface area contributed by atoms with Gasteiger partial charge in [-0.3, -0.25) is 9.97 Å². The molecule has 72 valence electrons. The Morgan fingerprint density at radius 1 is 1.07 bits per heavy atom. The van der Waals surface area contributed by atoms with E-state index in [0.29, 0.717) is 6.42 Å². The number of hydrogen-bond donors (Lipinski definition) is 0. The Labute approximate surface area is 88.1 Å². The van der Waals surface area contributed by atoms with Gasteiger partial charge in [-0.1, -0.05) is 6.07 Å². The van der Waals surface area contributed by atoms with Crippen molar-refractivity contribution in [2.45, 2.75) is 6.42 Å². The van der Waals surface area contributed by atoms with Crippen molar-refractivity contribution in [2.75, 3.05) is 0 Å². The summed E-state index contributed by atoms with van der Waals surface area (Å²) in [4.78, 5) is 8.16. The van der Waals surface area contributed by atoms with Crippen LogP contribution in [0.3, 0.4) is 0 Å². The van der Waals surface area contributed by atoms with Crippen LogP contribution in [0.15, 0.2) is 42.9 Å². The summed E-state index contributed by atoms with van der Waals surface area (Å²) >= 11 is 0. The van der Waals surface area contributed by atoms with Gasteiger partial charge in [0.05, 0.1) is 18.2 Å². The van der Waals surface area contributed by atoms with Crippen LogP contribution in [0.2, 0.25) is 0 Å². The number of hydrogen-bond acceptors (Lipinski definition) is 3. The largest absolute Gasteiger partial charge is 0.265 e. The minimum Gasteiger partial charge on any atom is -0.265 e. The van der Waals surface area contributed by atoms with E-state index >= 15 is 0 Å². The van der Waals surface area contributed by atoms with E-state index in [1.165, 1.54) is 0 Å². The number of nitrogens with zero attached hydrogens (tertiary/aromatic N) is 3. The quantitative estimate of drug-likeness (QED) is 0.738. The Morgan fingerprint density at radius 2 is 1.87 bits per heavy atom. The van der Waals surface area contributed by atoms with Gasteiger partial charge in [-0.2, -0.15) is 5.26 Å². The second kappa shape index (κ2) is 4.34. The Balaban J connectivity index is 2.29. The van der Waals surface area contributed by atoms with E-state index in [1.54, 1.807) is 18.6 Å². The monoisotopic (exact) mass is 195 g/mol. The van der Waals surface area contributed by atoms with Crippen LogP contribution in [0.25, 0.3) is 11.1 Å². The van der Waals surface area contributed by atoms with Gasteiger partial charge in [-0.15, -0.1) is 0 Å². The van der Waals surface area contributed by atoms with Crippen molar-refractivity contribution < 1.29 is 0 Å². The normalized spacial score (nSPS) is 9.53. The fourth-order valence-corrected chi connectivity index (χ4v) is 1.33. The van der Waals surface area contributed by atoms with Crippen molar-refractivity contribution in [2.24, 2.45) is 0 Å². The summed E-state index contributed by atoms with van der Waals surface area (Å²) in [7, 11) is 0. The van der Waals surface area contributed by atoms with Crippen LogP contribution < -0.4 is 0 Å². The lowest BCUT2D eigenvalue weighted by atomic mass is 10.1. The first-order valence-electron chi connectivity index (χ1n) is 4.62. The number of pyridine rings is 2. The molecule has 15 heavy (non-hydrogen) atoms. The Kier molecular flexibility index (Phi) is 2.70. The van der Waals surface area contributed by atoms with Gasteiger partial charge in [-0.25, -0.2) is 0 Å². The Bertz CT molecular complexity index is 468. The standard InChI is InChI=1S/C12H9N3/c13-6-3-12-2-1-11(9-15-12)10-4-7-14-8-5-10/h1-2,4-5,7-9H,3H2. The molecule has 3 nitrogen and oxygen atoms in total. The molecule has 0 aromatic carbocycles. The lowest BCUT2D eigenvalue weighted by molar-refractivity contribution is 1.12. The molecular weight excluding hydrogens is 186 g/mol. The summed E-state index contributed by atoms with van der Waals surface area (Å²) in [5.41, 5.74) is 2.93. The fourth-order valence-electron chi connectivity index (χ4n) is 1.33. The smallest absolute Gasteiger partial charge is 0.0774 e. The second-order valence-electron chi connectivity index (χ2n) is 3.11. The van der Waals surface area contributed by atoms with Crippen molar-refractivity contribution in [3.8, 4) is 17.2 Å². The van der Waals surface area contributed by atoms with Gasteiger partial charge >= 0.3 is 0 Å². The molecule has 0 saturated carbocycles. The van der Waals surface area contributed by atoms with Gasteiger partial charge in [0.2, 0.25) is 0 Å². The highest BCUT2D eigenvalue weighted by atomic mass is 14.7. The van der Waals surface area contributed by atoms with Crippen molar-refractivity contribution in [1.82, 2.24) is 9.97 Å². The van der Waals surface area contributed by atoms with E-state index in [0.717, 1.165) is 16.8 Å². The highest BCUT2D eigenvalue weighted by molar-refractivity contribution is 5.61. The van der Waals surface area contributed by atoms with Crippen LogP contribution in [-0.4, -0.2) is 9.97 Å². The maximum absolute atomic E-state index is 8.51. The summed E-state index contributed by atoms with van der Waals surface area (Å²) in [5, 5.41) is 8.51. The molecule has 0 radical (unpaired) electrons. The maximum atomic E-state index is 8.51. The minimum absolute atomic E-state index is 0.358. The van der Waals surface area contributed by atoms with Gasteiger partial charge in [-0.05, 0) is 23.8 Å². The van der Waals surface area contributed by atoms with Crippen molar-refractivity contribution in [3.63, 3.8) is 0 Å². The van der Waals surface area contributed by atoms with E-state index in [2.05, 4.69) is 16.0 Å². The van der Waals surface area contributed by atoms with Gasteiger partial charge in [0.15, 0.2) is 0 Å². The van der Waals surface area contributed by atoms with Gasteiger partial charge in [0, 0.05) is 24.2 Å². The zero-order chi connectivity index (χ0) is 10.5. The summed E-state index contributed by atoms with van der Waals surface area (Å²) in [6, 6.07) is 9.78. The SMILES string of the molecule is N#CCc1ccc(-c2ccncc2)cn1. The van der Waals surface area contributed by atoms with Crippen molar-refractivity contribution >= 4 is 0 Å². The zero-order valence-corrected chi connectivity index (χ0v) is 8.09. The van der Waals surface area contributed by atoms with Crippen LogP contribution >= 0.6 is 0 Å². The van der Waals surface area contributed by atoms with E-state index in [4.69, 9.17) is 5.26 Å². The molecular formula is C12H9N3. The lowest BCUT2D eigenvalue weighted by Crippen LogP contribution is -1.87. The Hall–Kier alpha value is -2.21. The summed E-state index contributed by atoms with van der Waals surface area (Å²) in [6.07, 6.45) is 5.63. The first kappa shape index (κ1) is 9.35. The van der Waals surface area contributed by atoms with Crippen molar-refractivity contribution in [3.05, 3.63) is 48.5 Å². The molecule has 0 aliphatic rings. The highest BCUT2D eigenvalue weighted by Gasteiger charge is 1.97. The van der Waals surface area contributed by atoms with Crippen LogP contribution in [0.4, 0.5) is 0 Å². The topological polar surface area (TPSA) is 49.6 Å². The molecule has 0 unspecified atom stereocenters. The summed E-state index contributed by atoms with van der Waals surface area (Å²) in [5.74, 6) is 0. The van der Waals surface area contributed by atoms with Crippen LogP contribution in [0.5, 0.6) is 0 Å². The average molecular weight is 195 g/mol. The van der Waals surface area contributed by atoms with E-state index in [1.807, 2.05) is 24.3 Å². The van der Waals surface area contributed by atoms with E-state index in [9.17, 15) is 0 Å². The first-order chi connectivity index (χ1) is 7.40. The number of nitriles is 1. The molecule has 0 saturated heterocycles. The third kappa shape index (κ3) is 2.18. The average Bonchev–Trinajstić information content (AvgIpc) is 2.32. The molecule has 0 spiro atoms. The molecule has 0 aliphatic heterocycles. The third-order valence-electron chi connectivity index (χ3n) is 2.10. The Morgan fingerprint density at radius 3 is 2.47 bits per heavy atom. The second-order valence-corrected chi connectivity index (χ2v) is 3.11. The van der Waals surface area contributed by atoms with Gasteiger partial charge < -0.3 is 0 Å².